The van der Waals surface area contributed by atoms with Gasteiger partial charge in [0.15, 0.2) is 0 Å². The van der Waals surface area contributed by atoms with Crippen molar-refractivity contribution in [1.29, 1.82) is 0 Å². The van der Waals surface area contributed by atoms with Crippen LogP contribution in [0.25, 0.3) is 0 Å². The van der Waals surface area contributed by atoms with E-state index in [1.807, 2.05) is 0 Å². The monoisotopic (exact) mass is 364 g/mol. The van der Waals surface area contributed by atoms with Gasteiger partial charge < -0.3 is 18.9 Å². The van der Waals surface area contributed by atoms with Crippen LogP contribution in [0.3, 0.4) is 0 Å². The second-order valence-corrected chi connectivity index (χ2v) is 9.12. The minimum absolute atomic E-state index is 0.128. The molecule has 0 aromatic rings. The number of hydrogen-bond acceptors (Lipinski definition) is 5. The van der Waals surface area contributed by atoms with Gasteiger partial charge in [0, 0.05) is 12.5 Å². The molecule has 0 aromatic carbocycles. The second-order valence-electron chi connectivity index (χ2n) is 9.12. The van der Waals surface area contributed by atoms with Gasteiger partial charge in [-0.05, 0) is 55.3 Å². The van der Waals surface area contributed by atoms with Crippen molar-refractivity contribution in [3.8, 4) is 0 Å². The third-order valence-corrected chi connectivity index (χ3v) is 7.79. The molecule has 0 radical (unpaired) electrons. The summed E-state index contributed by atoms with van der Waals surface area (Å²) in [6, 6.07) is 0. The molecule has 26 heavy (non-hydrogen) atoms. The highest BCUT2D eigenvalue weighted by Crippen LogP contribution is 2.61. The van der Waals surface area contributed by atoms with Gasteiger partial charge in [-0.25, -0.2) is 0 Å². The number of ether oxygens (including phenoxy) is 4. The van der Waals surface area contributed by atoms with Crippen LogP contribution >= 0.6 is 0 Å². The number of fused-ring (bicyclic) bond motifs is 3. The first-order chi connectivity index (χ1) is 12.5. The lowest BCUT2D eigenvalue weighted by Gasteiger charge is -2.59. The second kappa shape index (κ2) is 6.92. The minimum atomic E-state index is -0.242. The average molecular weight is 364 g/mol. The Morgan fingerprint density at radius 2 is 2.00 bits per heavy atom. The molecule has 0 aromatic heterocycles. The van der Waals surface area contributed by atoms with Gasteiger partial charge in [0.1, 0.15) is 6.79 Å². The maximum Gasteiger partial charge on any atom is 0.311 e. The summed E-state index contributed by atoms with van der Waals surface area (Å²) in [6.45, 7) is 4.49. The van der Waals surface area contributed by atoms with Gasteiger partial charge >= 0.3 is 5.97 Å². The van der Waals surface area contributed by atoms with Gasteiger partial charge in [-0.3, -0.25) is 4.79 Å². The predicted molar refractivity (Wildman–Crippen MR) is 96.3 cm³/mol. The molecular formula is C21H32O5. The van der Waals surface area contributed by atoms with Gasteiger partial charge in [0.2, 0.25) is 0 Å². The predicted octanol–water partition coefficient (Wildman–Crippen LogP) is 3.18. The molecule has 6 atom stereocenters. The molecule has 5 nitrogen and oxygen atoms in total. The molecule has 0 N–H and O–H groups in total. The summed E-state index contributed by atoms with van der Waals surface area (Å²) in [4.78, 5) is 12.7. The Kier molecular flexibility index (Phi) is 4.91. The van der Waals surface area contributed by atoms with Gasteiger partial charge in [-0.15, -0.1) is 0 Å². The van der Waals surface area contributed by atoms with Crippen LogP contribution in [0.1, 0.15) is 39.0 Å². The van der Waals surface area contributed by atoms with E-state index in [2.05, 4.69) is 19.1 Å². The molecule has 4 aliphatic rings. The van der Waals surface area contributed by atoms with Gasteiger partial charge in [0.05, 0.1) is 32.3 Å². The summed E-state index contributed by atoms with van der Waals surface area (Å²) in [5, 5.41) is 0. The summed E-state index contributed by atoms with van der Waals surface area (Å²) in [6.07, 6.45) is 10.3. The number of esters is 1. The van der Waals surface area contributed by atoms with Crippen molar-refractivity contribution in [1.82, 2.24) is 0 Å². The number of hydrogen-bond donors (Lipinski definition) is 0. The van der Waals surface area contributed by atoms with E-state index in [-0.39, 0.29) is 36.1 Å². The zero-order valence-corrected chi connectivity index (χ0v) is 16.2. The fraction of sp³-hybridized carbons (Fsp3) is 0.857. The van der Waals surface area contributed by atoms with Crippen LogP contribution in [0.5, 0.6) is 0 Å². The topological polar surface area (TPSA) is 54.0 Å². The number of methoxy groups -OCH3 is 2. The summed E-state index contributed by atoms with van der Waals surface area (Å²) < 4.78 is 21.7. The van der Waals surface area contributed by atoms with Crippen LogP contribution in [-0.4, -0.2) is 46.3 Å². The molecule has 1 spiro atoms. The summed E-state index contributed by atoms with van der Waals surface area (Å²) in [5.41, 5.74) is 0.562. The minimum Gasteiger partial charge on any atom is -0.469 e. The number of carbonyl (C=O) groups is 1. The lowest BCUT2D eigenvalue weighted by molar-refractivity contribution is -0.187. The maximum atomic E-state index is 12.7. The van der Waals surface area contributed by atoms with E-state index < -0.39 is 0 Å². The molecule has 3 fully saturated rings. The van der Waals surface area contributed by atoms with E-state index in [4.69, 9.17) is 18.9 Å². The summed E-state index contributed by atoms with van der Waals surface area (Å²) >= 11 is 0. The SMILES string of the molecule is COCO[C@H]1CC[C@]2(C)[C@@H]3CCC4(COC4)C[C@H]3C=C[C@H]2[C@@H]1C(=O)OC. The lowest BCUT2D eigenvalue weighted by atomic mass is 9.47. The van der Waals surface area contributed by atoms with Crippen LogP contribution in [-0.2, 0) is 23.7 Å². The molecule has 4 rings (SSSR count). The Morgan fingerprint density at radius 3 is 2.65 bits per heavy atom. The fourth-order valence-electron chi connectivity index (χ4n) is 6.35. The summed E-state index contributed by atoms with van der Waals surface area (Å²) in [7, 11) is 3.10. The van der Waals surface area contributed by atoms with Crippen molar-refractivity contribution in [2.45, 2.75) is 45.1 Å². The van der Waals surface area contributed by atoms with E-state index >= 15 is 0 Å². The highest BCUT2D eigenvalue weighted by Gasteiger charge is 2.58. The van der Waals surface area contributed by atoms with Crippen LogP contribution in [0.4, 0.5) is 0 Å². The highest BCUT2D eigenvalue weighted by molar-refractivity contribution is 5.74. The number of carbonyl (C=O) groups excluding carboxylic acids is 1. The molecule has 146 valence electrons. The normalized spacial score (nSPS) is 43.3. The van der Waals surface area contributed by atoms with E-state index in [1.54, 1.807) is 7.11 Å². The van der Waals surface area contributed by atoms with Crippen molar-refractivity contribution in [2.75, 3.05) is 34.2 Å². The van der Waals surface area contributed by atoms with Gasteiger partial charge in [-0.2, -0.15) is 0 Å². The molecule has 2 saturated carbocycles. The van der Waals surface area contributed by atoms with Crippen molar-refractivity contribution in [3.05, 3.63) is 12.2 Å². The molecule has 0 unspecified atom stereocenters. The zero-order chi connectivity index (χ0) is 18.4. The quantitative estimate of drug-likeness (QED) is 0.436. The molecule has 1 heterocycles. The molecule has 1 aliphatic heterocycles. The van der Waals surface area contributed by atoms with Crippen LogP contribution in [0.2, 0.25) is 0 Å². The van der Waals surface area contributed by atoms with E-state index in [9.17, 15) is 4.79 Å². The largest absolute Gasteiger partial charge is 0.469 e. The Morgan fingerprint density at radius 1 is 1.19 bits per heavy atom. The molecule has 3 aliphatic carbocycles. The number of rotatable bonds is 4. The van der Waals surface area contributed by atoms with Gasteiger partial charge in [-0.1, -0.05) is 19.1 Å². The average Bonchev–Trinajstić information content (AvgIpc) is 2.63. The third-order valence-electron chi connectivity index (χ3n) is 7.79. The third kappa shape index (κ3) is 2.83. The Balaban J connectivity index is 1.60. The first kappa shape index (κ1) is 18.5. The molecule has 0 amide bonds. The molecule has 0 bridgehead atoms. The van der Waals surface area contributed by atoms with Gasteiger partial charge in [0.25, 0.3) is 0 Å². The molecular weight excluding hydrogens is 332 g/mol. The Labute approximate surface area is 156 Å². The zero-order valence-electron chi connectivity index (χ0n) is 16.2. The Bertz CT molecular complexity index is 569. The van der Waals surface area contributed by atoms with E-state index in [1.165, 1.54) is 26.4 Å². The number of allylic oxidation sites excluding steroid dienone is 2. The lowest BCUT2D eigenvalue weighted by Crippen LogP contribution is -2.57. The first-order valence-corrected chi connectivity index (χ1v) is 9.97. The fourth-order valence-corrected chi connectivity index (χ4v) is 6.35. The molecule has 5 heteroatoms. The van der Waals surface area contributed by atoms with E-state index in [0.29, 0.717) is 17.3 Å². The standard InChI is InChI=1S/C21H32O5/c1-20-8-7-17(26-13-23-2)18(19(22)24-3)16(20)5-4-14-10-21(11-25-12-21)9-6-15(14)20/h4-5,14-18H,6-13H2,1-3H3/t14-,15-,16+,17+,18+,20-/m1/s1. The Hall–Kier alpha value is -0.910. The van der Waals surface area contributed by atoms with Crippen LogP contribution in [0, 0.1) is 34.5 Å². The van der Waals surface area contributed by atoms with Crippen LogP contribution < -0.4 is 0 Å². The smallest absolute Gasteiger partial charge is 0.311 e. The maximum absolute atomic E-state index is 12.7. The van der Waals surface area contributed by atoms with Crippen molar-refractivity contribution < 1.29 is 23.7 Å². The van der Waals surface area contributed by atoms with E-state index in [0.717, 1.165) is 26.1 Å². The molecule has 1 saturated heterocycles. The van der Waals surface area contributed by atoms with Crippen LogP contribution in [0.15, 0.2) is 12.2 Å². The first-order valence-electron chi connectivity index (χ1n) is 9.97. The van der Waals surface area contributed by atoms with Crippen molar-refractivity contribution in [2.24, 2.45) is 34.5 Å². The van der Waals surface area contributed by atoms with Crippen molar-refractivity contribution in [3.63, 3.8) is 0 Å². The summed E-state index contributed by atoms with van der Waals surface area (Å²) in [5.74, 6) is 1.04. The highest BCUT2D eigenvalue weighted by atomic mass is 16.7. The van der Waals surface area contributed by atoms with Crippen molar-refractivity contribution >= 4 is 5.97 Å².